The van der Waals surface area contributed by atoms with E-state index in [2.05, 4.69) is 20.4 Å². The zero-order chi connectivity index (χ0) is 20.0. The first kappa shape index (κ1) is 17.0. The number of carbonyl (C=O) groups is 1. The van der Waals surface area contributed by atoms with Gasteiger partial charge in [-0.3, -0.25) is 15.2 Å². The normalized spacial score (nSPS) is 11.2. The minimum atomic E-state index is -0.514. The number of fused-ring (bicyclic) bond motifs is 2. The van der Waals surface area contributed by atoms with Crippen LogP contribution in [0.2, 0.25) is 0 Å². The van der Waals surface area contributed by atoms with Crippen LogP contribution in [-0.2, 0) is 0 Å². The number of halogens is 1. The van der Waals surface area contributed by atoms with E-state index in [4.69, 9.17) is 10.9 Å². The number of aromatic nitrogens is 5. The number of hydrogen-bond acceptors (Lipinski definition) is 5. The molecule has 0 bridgehead atoms. The molecule has 3 aromatic heterocycles. The number of carbonyl (C=O) groups excluding carboxylic acids is 1. The van der Waals surface area contributed by atoms with E-state index >= 15 is 0 Å². The molecule has 0 fully saturated rings. The Hall–Kier alpha value is -4.11. The van der Waals surface area contributed by atoms with Gasteiger partial charge >= 0.3 is 5.91 Å². The van der Waals surface area contributed by atoms with E-state index in [1.807, 2.05) is 24.3 Å². The Morgan fingerprint density at radius 3 is 2.59 bits per heavy atom. The van der Waals surface area contributed by atoms with Crippen molar-refractivity contribution in [2.75, 3.05) is 0 Å². The maximum absolute atomic E-state index is 13.4. The number of hydrogen-bond donors (Lipinski definition) is 3. The van der Waals surface area contributed by atoms with Crippen LogP contribution in [-0.4, -0.2) is 30.6 Å². The molecule has 1 amide bonds. The molecular formula is C20H14FN7O. The molecule has 3 heterocycles. The number of hydrazine groups is 1. The maximum Gasteiger partial charge on any atom is 0.300 e. The number of pyridine rings is 1. The van der Waals surface area contributed by atoms with Crippen LogP contribution in [0.25, 0.3) is 38.9 Å². The van der Waals surface area contributed by atoms with Crippen LogP contribution in [0.3, 0.4) is 0 Å². The molecule has 8 nitrogen and oxygen atoms in total. The van der Waals surface area contributed by atoms with Gasteiger partial charge in [-0.25, -0.2) is 19.9 Å². The highest BCUT2D eigenvalue weighted by Gasteiger charge is 2.17. The molecule has 0 aliphatic heterocycles. The van der Waals surface area contributed by atoms with E-state index in [1.54, 1.807) is 29.2 Å². The van der Waals surface area contributed by atoms with Crippen molar-refractivity contribution in [1.29, 1.82) is 0 Å². The second-order valence-corrected chi connectivity index (χ2v) is 6.42. The lowest BCUT2D eigenvalue weighted by Gasteiger charge is -2.03. The van der Waals surface area contributed by atoms with Crippen molar-refractivity contribution in [2.45, 2.75) is 0 Å². The van der Waals surface area contributed by atoms with E-state index in [0.717, 1.165) is 22.2 Å². The molecular weight excluding hydrogens is 373 g/mol. The third-order valence-corrected chi connectivity index (χ3v) is 4.65. The summed E-state index contributed by atoms with van der Waals surface area (Å²) in [7, 11) is 0. The van der Waals surface area contributed by atoms with E-state index in [-0.39, 0.29) is 11.6 Å². The van der Waals surface area contributed by atoms with E-state index in [0.29, 0.717) is 16.7 Å². The molecule has 0 saturated heterocycles. The number of nitrogens with two attached hydrogens (primary N) is 1. The van der Waals surface area contributed by atoms with Crippen molar-refractivity contribution in [3.63, 3.8) is 0 Å². The van der Waals surface area contributed by atoms with Crippen molar-refractivity contribution in [3.05, 3.63) is 72.6 Å². The highest BCUT2D eigenvalue weighted by molar-refractivity contribution is 6.03. The first-order valence-corrected chi connectivity index (χ1v) is 8.74. The van der Waals surface area contributed by atoms with Crippen molar-refractivity contribution >= 4 is 27.8 Å². The summed E-state index contributed by atoms with van der Waals surface area (Å²) in [4.78, 5) is 23.2. The fourth-order valence-electron chi connectivity index (χ4n) is 3.30. The average molecular weight is 387 g/mol. The fourth-order valence-corrected chi connectivity index (χ4v) is 3.30. The summed E-state index contributed by atoms with van der Waals surface area (Å²) >= 11 is 0. The summed E-state index contributed by atoms with van der Waals surface area (Å²) in [6.45, 7) is 0. The Balaban J connectivity index is 1.81. The molecule has 0 saturated carbocycles. The Kier molecular flexibility index (Phi) is 3.81. The third-order valence-electron chi connectivity index (χ3n) is 4.65. The highest BCUT2D eigenvalue weighted by atomic mass is 19.1. The first-order chi connectivity index (χ1) is 14.1. The summed E-state index contributed by atoms with van der Waals surface area (Å²) in [5.74, 6) is 4.48. The summed E-state index contributed by atoms with van der Waals surface area (Å²) in [6.07, 6.45) is 3.38. The zero-order valence-corrected chi connectivity index (χ0v) is 14.9. The van der Waals surface area contributed by atoms with Gasteiger partial charge in [-0.05, 0) is 48.5 Å². The van der Waals surface area contributed by atoms with Crippen LogP contribution in [0.5, 0.6) is 0 Å². The minimum absolute atomic E-state index is 0.113. The standard InChI is InChI=1S/C20H14FN7O/c21-12-1-3-13(4-2-12)28-17-10-16-15(24-19(25-16)20(29)26-22)9-14(17)18(27-28)11-5-7-23-8-6-11/h1-10H,22H2,(H,24,25)(H,26,29). The number of rotatable bonds is 3. The van der Waals surface area contributed by atoms with Gasteiger partial charge in [-0.2, -0.15) is 5.10 Å². The van der Waals surface area contributed by atoms with Gasteiger partial charge in [0.15, 0.2) is 5.82 Å². The van der Waals surface area contributed by atoms with Gasteiger partial charge in [-0.15, -0.1) is 0 Å². The zero-order valence-electron chi connectivity index (χ0n) is 14.9. The highest BCUT2D eigenvalue weighted by Crippen LogP contribution is 2.32. The summed E-state index contributed by atoms with van der Waals surface area (Å²) in [5.41, 5.74) is 6.40. The van der Waals surface area contributed by atoms with Crippen LogP contribution in [0, 0.1) is 5.82 Å². The van der Waals surface area contributed by atoms with Crippen molar-refractivity contribution < 1.29 is 9.18 Å². The van der Waals surface area contributed by atoms with Crippen LogP contribution in [0.15, 0.2) is 60.9 Å². The molecule has 0 aliphatic rings. The smallest absolute Gasteiger partial charge is 0.300 e. The molecule has 0 atom stereocenters. The first-order valence-electron chi connectivity index (χ1n) is 8.74. The van der Waals surface area contributed by atoms with Crippen LogP contribution >= 0.6 is 0 Å². The molecule has 0 radical (unpaired) electrons. The number of nitrogen functional groups attached to an aromatic ring is 1. The lowest BCUT2D eigenvalue weighted by atomic mass is 10.1. The fraction of sp³-hybridized carbons (Fsp3) is 0. The van der Waals surface area contributed by atoms with Gasteiger partial charge in [0.25, 0.3) is 0 Å². The molecule has 5 aromatic rings. The monoisotopic (exact) mass is 387 g/mol. The van der Waals surface area contributed by atoms with Crippen LogP contribution in [0.4, 0.5) is 4.39 Å². The third kappa shape index (κ3) is 2.80. The van der Waals surface area contributed by atoms with Crippen molar-refractivity contribution in [2.24, 2.45) is 5.84 Å². The average Bonchev–Trinajstić information content (AvgIpc) is 3.34. The van der Waals surface area contributed by atoms with E-state index in [1.165, 1.54) is 12.1 Å². The van der Waals surface area contributed by atoms with Gasteiger partial charge in [0.2, 0.25) is 0 Å². The molecule has 29 heavy (non-hydrogen) atoms. The molecule has 2 aromatic carbocycles. The Morgan fingerprint density at radius 2 is 1.86 bits per heavy atom. The molecule has 4 N–H and O–H groups in total. The number of nitrogens with zero attached hydrogens (tertiary/aromatic N) is 4. The topological polar surface area (TPSA) is 115 Å². The molecule has 0 unspecified atom stereocenters. The summed E-state index contributed by atoms with van der Waals surface area (Å²) < 4.78 is 15.1. The van der Waals surface area contributed by atoms with E-state index < -0.39 is 5.91 Å². The Morgan fingerprint density at radius 1 is 1.10 bits per heavy atom. The predicted molar refractivity (Wildman–Crippen MR) is 106 cm³/mol. The van der Waals surface area contributed by atoms with Crippen LogP contribution < -0.4 is 11.3 Å². The van der Waals surface area contributed by atoms with Crippen molar-refractivity contribution in [3.8, 4) is 16.9 Å². The maximum atomic E-state index is 13.4. The Labute approximate surface area is 163 Å². The molecule has 0 spiro atoms. The van der Waals surface area contributed by atoms with E-state index in [9.17, 15) is 9.18 Å². The number of aromatic amines is 1. The van der Waals surface area contributed by atoms with Gasteiger partial charge in [0.1, 0.15) is 11.5 Å². The SMILES string of the molecule is NNC(=O)c1nc2cc3c(-c4ccncc4)nn(-c4ccc(F)cc4)c3cc2[nH]1. The summed E-state index contributed by atoms with van der Waals surface area (Å²) in [6, 6.07) is 13.5. The van der Waals surface area contributed by atoms with Gasteiger partial charge in [-0.1, -0.05) is 0 Å². The number of nitrogens with one attached hydrogen (secondary N) is 2. The molecule has 0 aliphatic carbocycles. The molecule has 9 heteroatoms. The number of benzene rings is 2. The van der Waals surface area contributed by atoms with Crippen LogP contribution in [0.1, 0.15) is 10.6 Å². The summed E-state index contributed by atoms with van der Waals surface area (Å²) in [5, 5.41) is 5.59. The number of H-pyrrole nitrogens is 1. The lowest BCUT2D eigenvalue weighted by molar-refractivity contribution is 0.0944. The van der Waals surface area contributed by atoms with Gasteiger partial charge in [0.05, 0.1) is 22.2 Å². The lowest BCUT2D eigenvalue weighted by Crippen LogP contribution is -2.30. The quantitative estimate of drug-likeness (QED) is 0.250. The van der Waals surface area contributed by atoms with Gasteiger partial charge in [0, 0.05) is 23.3 Å². The largest absolute Gasteiger partial charge is 0.334 e. The Bertz CT molecular complexity index is 1360. The van der Waals surface area contributed by atoms with Crippen molar-refractivity contribution in [1.82, 2.24) is 30.2 Å². The molecule has 5 rings (SSSR count). The predicted octanol–water partition coefficient (Wildman–Crippen LogP) is 2.71. The number of amides is 1. The molecule has 142 valence electrons. The minimum Gasteiger partial charge on any atom is -0.334 e. The van der Waals surface area contributed by atoms with Gasteiger partial charge < -0.3 is 4.98 Å². The second kappa shape index (κ2) is 6.50. The number of imidazole rings is 1. The second-order valence-electron chi connectivity index (χ2n) is 6.42.